The van der Waals surface area contributed by atoms with Crippen molar-refractivity contribution in [1.82, 2.24) is 4.31 Å². The summed E-state index contributed by atoms with van der Waals surface area (Å²) in [6.45, 7) is 3.95. The summed E-state index contributed by atoms with van der Waals surface area (Å²) < 4.78 is 32.6. The number of para-hydroxylation sites is 1. The van der Waals surface area contributed by atoms with Crippen molar-refractivity contribution in [3.8, 4) is 5.75 Å². The zero-order valence-electron chi connectivity index (χ0n) is 18.0. The van der Waals surface area contributed by atoms with Gasteiger partial charge in [0, 0.05) is 16.3 Å². The third-order valence-electron chi connectivity index (χ3n) is 4.58. The Labute approximate surface area is 193 Å². The van der Waals surface area contributed by atoms with E-state index >= 15 is 0 Å². The molecule has 32 heavy (non-hydrogen) atoms. The molecule has 6 nitrogen and oxygen atoms in total. The van der Waals surface area contributed by atoms with Crippen LogP contribution in [0.1, 0.15) is 13.8 Å². The Kier molecular flexibility index (Phi) is 8.33. The van der Waals surface area contributed by atoms with Gasteiger partial charge in [0.05, 0.1) is 23.7 Å². The number of hydrogen-bond acceptors (Lipinski definition) is 5. The number of rotatable bonds is 10. The third kappa shape index (κ3) is 6.12. The maximum absolute atomic E-state index is 13.0. The van der Waals surface area contributed by atoms with Crippen LogP contribution in [-0.2, 0) is 14.8 Å². The van der Waals surface area contributed by atoms with E-state index in [4.69, 9.17) is 4.74 Å². The van der Waals surface area contributed by atoms with Crippen LogP contribution in [0.3, 0.4) is 0 Å². The summed E-state index contributed by atoms with van der Waals surface area (Å²) in [4.78, 5) is 14.8. The van der Waals surface area contributed by atoms with Gasteiger partial charge in [-0.25, -0.2) is 8.42 Å². The molecule has 1 N–H and O–H groups in total. The zero-order valence-corrected chi connectivity index (χ0v) is 19.7. The standard InChI is InChI=1S/C24H26N2O4S2/c1-3-26(32(28,29)21-16-14-19(15-17-21)30-4-2)18-24(27)25-22-12-8-9-13-23(22)31-20-10-6-5-7-11-20/h5-17H,3-4,18H2,1-2H3,(H,25,27). The topological polar surface area (TPSA) is 75.7 Å². The van der Waals surface area contributed by atoms with E-state index in [0.29, 0.717) is 18.0 Å². The molecule has 0 heterocycles. The van der Waals surface area contributed by atoms with Gasteiger partial charge in [0.25, 0.3) is 0 Å². The summed E-state index contributed by atoms with van der Waals surface area (Å²) in [5.74, 6) is 0.197. The van der Waals surface area contributed by atoms with E-state index in [-0.39, 0.29) is 18.0 Å². The lowest BCUT2D eigenvalue weighted by Gasteiger charge is -2.20. The molecule has 0 fully saturated rings. The molecule has 3 aromatic rings. The van der Waals surface area contributed by atoms with E-state index in [1.165, 1.54) is 23.9 Å². The smallest absolute Gasteiger partial charge is 0.243 e. The molecule has 0 bridgehead atoms. The van der Waals surface area contributed by atoms with Gasteiger partial charge in [0.2, 0.25) is 15.9 Å². The first-order valence-corrected chi connectivity index (χ1v) is 12.5. The van der Waals surface area contributed by atoms with Gasteiger partial charge in [-0.15, -0.1) is 0 Å². The highest BCUT2D eigenvalue weighted by atomic mass is 32.2. The Balaban J connectivity index is 1.72. The maximum atomic E-state index is 13.0. The number of ether oxygens (including phenoxy) is 1. The zero-order chi connectivity index (χ0) is 23.0. The van der Waals surface area contributed by atoms with Gasteiger partial charge in [-0.2, -0.15) is 4.31 Å². The van der Waals surface area contributed by atoms with Crippen molar-refractivity contribution in [3.63, 3.8) is 0 Å². The average molecular weight is 471 g/mol. The summed E-state index contributed by atoms with van der Waals surface area (Å²) in [6.07, 6.45) is 0. The number of likely N-dealkylation sites (N-methyl/N-ethyl adjacent to an activating group) is 1. The number of nitrogens with zero attached hydrogens (tertiary/aromatic N) is 1. The molecule has 0 radical (unpaired) electrons. The molecule has 0 aliphatic rings. The monoisotopic (exact) mass is 470 g/mol. The van der Waals surface area contributed by atoms with Gasteiger partial charge in [0.1, 0.15) is 5.75 Å². The Morgan fingerprint density at radius 2 is 1.59 bits per heavy atom. The first kappa shape index (κ1) is 23.8. The predicted octanol–water partition coefficient (Wildman–Crippen LogP) is 4.89. The minimum Gasteiger partial charge on any atom is -0.494 e. The summed E-state index contributed by atoms with van der Waals surface area (Å²) in [7, 11) is -3.82. The van der Waals surface area contributed by atoms with E-state index in [0.717, 1.165) is 14.1 Å². The lowest BCUT2D eigenvalue weighted by Crippen LogP contribution is -2.37. The van der Waals surface area contributed by atoms with Gasteiger partial charge >= 0.3 is 0 Å². The van der Waals surface area contributed by atoms with Crippen LogP contribution in [0, 0.1) is 0 Å². The summed E-state index contributed by atoms with van der Waals surface area (Å²) in [6, 6.07) is 23.5. The van der Waals surface area contributed by atoms with Crippen LogP contribution >= 0.6 is 11.8 Å². The SMILES string of the molecule is CCOc1ccc(S(=O)(=O)N(CC)CC(=O)Nc2ccccc2Sc2ccccc2)cc1. The molecule has 0 aliphatic heterocycles. The van der Waals surface area contributed by atoms with Crippen molar-refractivity contribution in [2.45, 2.75) is 28.5 Å². The molecule has 3 aromatic carbocycles. The lowest BCUT2D eigenvalue weighted by molar-refractivity contribution is -0.116. The minimum absolute atomic E-state index is 0.121. The lowest BCUT2D eigenvalue weighted by atomic mass is 10.3. The summed E-state index contributed by atoms with van der Waals surface area (Å²) >= 11 is 1.53. The number of carbonyl (C=O) groups excluding carboxylic acids is 1. The number of hydrogen-bond donors (Lipinski definition) is 1. The Bertz CT molecular complexity index is 1130. The van der Waals surface area contributed by atoms with Gasteiger partial charge in [-0.05, 0) is 55.5 Å². The number of benzene rings is 3. The highest BCUT2D eigenvalue weighted by Crippen LogP contribution is 2.33. The number of amides is 1. The summed E-state index contributed by atoms with van der Waals surface area (Å²) in [5, 5.41) is 2.86. The first-order valence-electron chi connectivity index (χ1n) is 10.3. The fraction of sp³-hybridized carbons (Fsp3) is 0.208. The van der Waals surface area contributed by atoms with Crippen molar-refractivity contribution >= 4 is 33.4 Å². The Morgan fingerprint density at radius 3 is 2.25 bits per heavy atom. The normalized spacial score (nSPS) is 11.3. The number of sulfonamides is 1. The van der Waals surface area contributed by atoms with Crippen molar-refractivity contribution < 1.29 is 17.9 Å². The van der Waals surface area contributed by atoms with Crippen molar-refractivity contribution in [3.05, 3.63) is 78.9 Å². The van der Waals surface area contributed by atoms with E-state index in [1.807, 2.05) is 55.5 Å². The molecule has 3 rings (SSSR count). The van der Waals surface area contributed by atoms with E-state index < -0.39 is 15.9 Å². The van der Waals surface area contributed by atoms with Crippen LogP contribution in [0.2, 0.25) is 0 Å². The Morgan fingerprint density at radius 1 is 0.938 bits per heavy atom. The van der Waals surface area contributed by atoms with Crippen LogP contribution in [0.25, 0.3) is 0 Å². The molecule has 0 saturated heterocycles. The molecule has 0 unspecified atom stereocenters. The molecule has 168 valence electrons. The number of anilines is 1. The largest absolute Gasteiger partial charge is 0.494 e. The average Bonchev–Trinajstić information content (AvgIpc) is 2.80. The van der Waals surface area contributed by atoms with Gasteiger partial charge in [0.15, 0.2) is 0 Å². The second kappa shape index (κ2) is 11.2. The molecular weight excluding hydrogens is 444 g/mol. The maximum Gasteiger partial charge on any atom is 0.243 e. The quantitative estimate of drug-likeness (QED) is 0.457. The van der Waals surface area contributed by atoms with Gasteiger partial charge < -0.3 is 10.1 Å². The molecule has 0 spiro atoms. The molecule has 0 saturated carbocycles. The second-order valence-corrected chi connectivity index (χ2v) is 9.85. The highest BCUT2D eigenvalue weighted by molar-refractivity contribution is 7.99. The molecule has 8 heteroatoms. The van der Waals surface area contributed by atoms with Gasteiger partial charge in [-0.1, -0.05) is 49.0 Å². The second-order valence-electron chi connectivity index (χ2n) is 6.80. The molecule has 0 aliphatic carbocycles. The first-order chi connectivity index (χ1) is 15.4. The van der Waals surface area contributed by atoms with Crippen molar-refractivity contribution in [1.29, 1.82) is 0 Å². The molecule has 0 aromatic heterocycles. The minimum atomic E-state index is -3.82. The fourth-order valence-electron chi connectivity index (χ4n) is 3.01. The van der Waals surface area contributed by atoms with Crippen molar-refractivity contribution in [2.75, 3.05) is 25.0 Å². The third-order valence-corrected chi connectivity index (χ3v) is 7.60. The van der Waals surface area contributed by atoms with Crippen LogP contribution in [0.4, 0.5) is 5.69 Å². The van der Waals surface area contributed by atoms with E-state index in [1.54, 1.807) is 25.1 Å². The molecule has 0 atom stereocenters. The van der Waals surface area contributed by atoms with Crippen LogP contribution in [-0.4, -0.2) is 38.3 Å². The van der Waals surface area contributed by atoms with Crippen LogP contribution < -0.4 is 10.1 Å². The van der Waals surface area contributed by atoms with Gasteiger partial charge in [-0.3, -0.25) is 4.79 Å². The number of nitrogens with one attached hydrogen (secondary N) is 1. The highest BCUT2D eigenvalue weighted by Gasteiger charge is 2.25. The molecular formula is C24H26N2O4S2. The fourth-order valence-corrected chi connectivity index (χ4v) is 5.34. The Hall–Kier alpha value is -2.81. The van der Waals surface area contributed by atoms with Crippen LogP contribution in [0.5, 0.6) is 5.75 Å². The molecule has 1 amide bonds. The van der Waals surface area contributed by atoms with E-state index in [2.05, 4.69) is 5.32 Å². The number of carbonyl (C=O) groups is 1. The predicted molar refractivity (Wildman–Crippen MR) is 128 cm³/mol. The van der Waals surface area contributed by atoms with E-state index in [9.17, 15) is 13.2 Å². The summed E-state index contributed by atoms with van der Waals surface area (Å²) in [5.41, 5.74) is 0.640. The van der Waals surface area contributed by atoms with Crippen LogP contribution in [0.15, 0.2) is 93.5 Å². The van der Waals surface area contributed by atoms with Crippen molar-refractivity contribution in [2.24, 2.45) is 0 Å².